The first-order chi connectivity index (χ1) is 14.0. The second-order valence-electron chi connectivity index (χ2n) is 7.80. The van der Waals surface area contributed by atoms with Crippen LogP contribution in [0, 0.1) is 17.5 Å². The van der Waals surface area contributed by atoms with Crippen molar-refractivity contribution in [1.82, 2.24) is 19.6 Å². The average molecular weight is 398 g/mol. The summed E-state index contributed by atoms with van der Waals surface area (Å²) in [5.41, 5.74) is 1.83. The van der Waals surface area contributed by atoms with Gasteiger partial charge in [-0.15, -0.1) is 0 Å². The standard InChI is InChI=1S/C22H21F3N4/c1-27-8-10-28(11-9-27)13-17-14-6-7-19(21(25)20(14)24)29-22(16(17)12-26-29)15-4-2-3-5-18(15)23/h2-7,12,17H,8-11,13H2,1H3. The van der Waals surface area contributed by atoms with Gasteiger partial charge in [0.1, 0.15) is 11.5 Å². The zero-order valence-electron chi connectivity index (χ0n) is 16.1. The van der Waals surface area contributed by atoms with Crippen LogP contribution in [0.4, 0.5) is 13.2 Å². The maximum Gasteiger partial charge on any atom is 0.184 e. The van der Waals surface area contributed by atoms with E-state index < -0.39 is 23.4 Å². The van der Waals surface area contributed by atoms with Crippen LogP contribution in [-0.2, 0) is 0 Å². The molecule has 0 radical (unpaired) electrons. The van der Waals surface area contributed by atoms with Crippen LogP contribution in [0.25, 0.3) is 16.9 Å². The highest BCUT2D eigenvalue weighted by atomic mass is 19.2. The summed E-state index contributed by atoms with van der Waals surface area (Å²) in [4.78, 5) is 4.49. The molecule has 1 fully saturated rings. The quantitative estimate of drug-likeness (QED) is 0.673. The third kappa shape index (κ3) is 2.96. The molecule has 0 aliphatic carbocycles. The second kappa shape index (κ2) is 7.00. The summed E-state index contributed by atoms with van der Waals surface area (Å²) >= 11 is 0. The number of nitrogens with zero attached hydrogens (tertiary/aromatic N) is 4. The van der Waals surface area contributed by atoms with Gasteiger partial charge in [0.2, 0.25) is 0 Å². The molecule has 3 aliphatic rings. The van der Waals surface area contributed by atoms with Crippen LogP contribution in [0.15, 0.2) is 42.6 Å². The number of benzene rings is 2. The summed E-state index contributed by atoms with van der Waals surface area (Å²) in [5, 5.41) is 4.33. The highest BCUT2D eigenvalue weighted by Crippen LogP contribution is 2.41. The number of fused-ring (bicyclic) bond motifs is 2. The van der Waals surface area contributed by atoms with E-state index in [1.165, 1.54) is 16.8 Å². The van der Waals surface area contributed by atoms with E-state index in [9.17, 15) is 13.2 Å². The first kappa shape index (κ1) is 18.4. The van der Waals surface area contributed by atoms with Gasteiger partial charge >= 0.3 is 0 Å². The minimum atomic E-state index is -0.946. The van der Waals surface area contributed by atoms with Crippen LogP contribution in [0.3, 0.4) is 0 Å². The molecule has 6 rings (SSSR count). The average Bonchev–Trinajstić information content (AvgIpc) is 3.17. The smallest absolute Gasteiger partial charge is 0.184 e. The van der Waals surface area contributed by atoms with E-state index in [0.717, 1.165) is 26.2 Å². The molecule has 3 aliphatic heterocycles. The highest BCUT2D eigenvalue weighted by Gasteiger charge is 2.33. The second-order valence-corrected chi connectivity index (χ2v) is 7.80. The third-order valence-corrected chi connectivity index (χ3v) is 6.03. The summed E-state index contributed by atoms with van der Waals surface area (Å²) in [6.07, 6.45) is 1.63. The van der Waals surface area contributed by atoms with Crippen LogP contribution in [0.2, 0.25) is 0 Å². The predicted octanol–water partition coefficient (Wildman–Crippen LogP) is 3.65. The molecule has 4 nitrogen and oxygen atoms in total. The first-order valence-electron chi connectivity index (χ1n) is 9.76. The summed E-state index contributed by atoms with van der Waals surface area (Å²) in [6, 6.07) is 9.54. The van der Waals surface area contributed by atoms with Crippen molar-refractivity contribution >= 4 is 0 Å². The van der Waals surface area contributed by atoms with E-state index in [1.54, 1.807) is 30.5 Å². The lowest BCUT2D eigenvalue weighted by Crippen LogP contribution is -2.46. The molecule has 1 saturated heterocycles. The van der Waals surface area contributed by atoms with E-state index in [0.29, 0.717) is 28.9 Å². The number of piperazine rings is 1. The van der Waals surface area contributed by atoms with Crippen molar-refractivity contribution in [3.8, 4) is 16.9 Å². The van der Waals surface area contributed by atoms with Crippen molar-refractivity contribution in [1.29, 1.82) is 0 Å². The van der Waals surface area contributed by atoms with Crippen LogP contribution in [0.1, 0.15) is 17.0 Å². The van der Waals surface area contributed by atoms with Gasteiger partial charge in [-0.2, -0.15) is 5.10 Å². The molecule has 0 saturated carbocycles. The van der Waals surface area contributed by atoms with E-state index in [1.807, 2.05) is 0 Å². The van der Waals surface area contributed by atoms with Gasteiger partial charge in [0.15, 0.2) is 11.6 Å². The Bertz CT molecular complexity index is 1070. The van der Waals surface area contributed by atoms with E-state index in [2.05, 4.69) is 21.9 Å². The van der Waals surface area contributed by atoms with Gasteiger partial charge in [0.05, 0.1) is 11.9 Å². The van der Waals surface area contributed by atoms with Crippen LogP contribution in [-0.4, -0.2) is 59.4 Å². The molecule has 0 spiro atoms. The fraction of sp³-hybridized carbons (Fsp3) is 0.318. The summed E-state index contributed by atoms with van der Waals surface area (Å²) in [5.74, 6) is -2.64. The van der Waals surface area contributed by atoms with Gasteiger partial charge in [-0.3, -0.25) is 4.90 Å². The Morgan fingerprint density at radius 1 is 0.931 bits per heavy atom. The van der Waals surface area contributed by atoms with Crippen molar-refractivity contribution < 1.29 is 13.2 Å². The zero-order valence-corrected chi connectivity index (χ0v) is 16.1. The Hall–Kier alpha value is -2.64. The molecule has 4 heterocycles. The zero-order chi connectivity index (χ0) is 20.1. The summed E-state index contributed by atoms with van der Waals surface area (Å²) < 4.78 is 45.9. The lowest BCUT2D eigenvalue weighted by Gasteiger charge is -2.35. The Morgan fingerprint density at radius 3 is 2.45 bits per heavy atom. The SMILES string of the molecule is CN1CCN(CC2c3ccc(c(F)c3F)-n3ncc2c3-c2ccccc2F)CC1. The molecular formula is C22H21F3N4. The van der Waals surface area contributed by atoms with Crippen LogP contribution in [0.5, 0.6) is 0 Å². The number of aromatic nitrogens is 2. The van der Waals surface area contributed by atoms with Crippen molar-refractivity contribution in [2.75, 3.05) is 39.8 Å². The summed E-state index contributed by atoms with van der Waals surface area (Å²) in [6.45, 7) is 4.05. The Kier molecular flexibility index (Phi) is 4.44. The van der Waals surface area contributed by atoms with Crippen molar-refractivity contribution in [2.24, 2.45) is 0 Å². The minimum absolute atomic E-state index is 0.00574. The molecule has 1 unspecified atom stereocenters. The van der Waals surface area contributed by atoms with Gasteiger partial charge < -0.3 is 4.90 Å². The van der Waals surface area contributed by atoms with Crippen LogP contribution < -0.4 is 0 Å². The van der Waals surface area contributed by atoms with Gasteiger partial charge in [0.25, 0.3) is 0 Å². The largest absolute Gasteiger partial charge is 0.304 e. The number of hydrogen-bond acceptors (Lipinski definition) is 3. The topological polar surface area (TPSA) is 24.3 Å². The highest BCUT2D eigenvalue weighted by molar-refractivity contribution is 5.69. The van der Waals surface area contributed by atoms with Gasteiger partial charge in [-0.1, -0.05) is 18.2 Å². The molecule has 1 aromatic heterocycles. The number of hydrogen-bond donors (Lipinski definition) is 0. The normalized spacial score (nSPS) is 19.4. The monoisotopic (exact) mass is 398 g/mol. The maximum absolute atomic E-state index is 15.0. The predicted molar refractivity (Wildman–Crippen MR) is 105 cm³/mol. The number of rotatable bonds is 3. The molecule has 3 aromatic rings. The minimum Gasteiger partial charge on any atom is -0.304 e. The van der Waals surface area contributed by atoms with Crippen molar-refractivity contribution in [2.45, 2.75) is 5.92 Å². The molecule has 0 N–H and O–H groups in total. The van der Waals surface area contributed by atoms with Gasteiger partial charge in [-0.25, -0.2) is 17.9 Å². The molecule has 4 bridgehead atoms. The van der Waals surface area contributed by atoms with Gasteiger partial charge in [-0.05, 0) is 30.8 Å². The van der Waals surface area contributed by atoms with E-state index in [4.69, 9.17) is 0 Å². The summed E-state index contributed by atoms with van der Waals surface area (Å²) in [7, 11) is 2.07. The van der Waals surface area contributed by atoms with Crippen molar-refractivity contribution in [3.63, 3.8) is 0 Å². The molecule has 150 valence electrons. The molecule has 1 atom stereocenters. The Labute approximate surface area is 167 Å². The van der Waals surface area contributed by atoms with Crippen molar-refractivity contribution in [3.05, 3.63) is 71.2 Å². The van der Waals surface area contributed by atoms with E-state index >= 15 is 0 Å². The molecular weight excluding hydrogens is 377 g/mol. The lowest BCUT2D eigenvalue weighted by molar-refractivity contribution is 0.150. The maximum atomic E-state index is 15.0. The lowest BCUT2D eigenvalue weighted by atomic mass is 9.87. The number of likely N-dealkylation sites (N-methyl/N-ethyl adjacent to an activating group) is 1. The Morgan fingerprint density at radius 2 is 1.69 bits per heavy atom. The first-order valence-corrected chi connectivity index (χ1v) is 9.76. The fourth-order valence-electron chi connectivity index (χ4n) is 4.36. The number of halogens is 3. The fourth-order valence-corrected chi connectivity index (χ4v) is 4.36. The molecule has 0 amide bonds. The third-order valence-electron chi connectivity index (χ3n) is 6.03. The molecule has 29 heavy (non-hydrogen) atoms. The molecule has 7 heteroatoms. The van der Waals surface area contributed by atoms with Crippen LogP contribution >= 0.6 is 0 Å². The van der Waals surface area contributed by atoms with Gasteiger partial charge in [0, 0.05) is 49.8 Å². The Balaban J connectivity index is 1.68. The van der Waals surface area contributed by atoms with E-state index in [-0.39, 0.29) is 5.69 Å². The molecule has 2 aromatic carbocycles.